The minimum atomic E-state index is -2.38. The van der Waals surface area contributed by atoms with Gasteiger partial charge in [0.05, 0.1) is 0 Å². The highest BCUT2D eigenvalue weighted by Crippen LogP contribution is 2.54. The van der Waals surface area contributed by atoms with Gasteiger partial charge in [0, 0.05) is 18.9 Å². The zero-order chi connectivity index (χ0) is 8.82. The lowest BCUT2D eigenvalue weighted by Gasteiger charge is -2.50. The smallest absolute Gasteiger partial charge is 0.248 e. The van der Waals surface area contributed by atoms with Crippen molar-refractivity contribution in [1.29, 1.82) is 0 Å². The third-order valence-electron chi connectivity index (χ3n) is 3.43. The Kier molecular flexibility index (Phi) is 1.69. The fourth-order valence-corrected chi connectivity index (χ4v) is 2.61. The van der Waals surface area contributed by atoms with Crippen molar-refractivity contribution in [2.45, 2.75) is 50.5 Å². The predicted octanol–water partition coefficient (Wildman–Crippen LogP) is 2.30. The van der Waals surface area contributed by atoms with Crippen LogP contribution in [0.2, 0.25) is 0 Å². The molecule has 0 bridgehead atoms. The van der Waals surface area contributed by atoms with Crippen LogP contribution in [0, 0.1) is 5.41 Å². The molecule has 0 heterocycles. The Balaban J connectivity index is 1.91. The quantitative estimate of drug-likeness (QED) is 0.600. The summed E-state index contributed by atoms with van der Waals surface area (Å²) in [5.41, 5.74) is 5.89. The van der Waals surface area contributed by atoms with Gasteiger partial charge in [0.1, 0.15) is 0 Å². The molecule has 0 amide bonds. The van der Waals surface area contributed by atoms with E-state index in [0.717, 1.165) is 12.8 Å². The number of hydrogen-bond acceptors (Lipinski definition) is 1. The summed E-state index contributed by atoms with van der Waals surface area (Å²) in [5.74, 6) is -2.38. The van der Waals surface area contributed by atoms with Crippen LogP contribution in [0.1, 0.15) is 38.5 Å². The van der Waals surface area contributed by atoms with E-state index < -0.39 is 5.92 Å². The van der Waals surface area contributed by atoms with Crippen LogP contribution in [0.3, 0.4) is 0 Å². The lowest BCUT2D eigenvalue weighted by atomic mass is 9.58. The van der Waals surface area contributed by atoms with E-state index in [0.29, 0.717) is 12.8 Å². The first kappa shape index (κ1) is 8.42. The number of halogens is 2. The molecule has 0 aliphatic heterocycles. The van der Waals surface area contributed by atoms with Crippen molar-refractivity contribution >= 4 is 0 Å². The van der Waals surface area contributed by atoms with Gasteiger partial charge in [-0.05, 0) is 31.1 Å². The number of rotatable bonds is 0. The van der Waals surface area contributed by atoms with Gasteiger partial charge in [-0.25, -0.2) is 8.78 Å². The zero-order valence-corrected chi connectivity index (χ0v) is 7.15. The summed E-state index contributed by atoms with van der Waals surface area (Å²) in [6, 6.07) is 0.289. The molecule has 0 aromatic rings. The summed E-state index contributed by atoms with van der Waals surface area (Å²) >= 11 is 0. The Labute approximate surface area is 71.3 Å². The highest BCUT2D eigenvalue weighted by atomic mass is 19.3. The van der Waals surface area contributed by atoms with Gasteiger partial charge in [0.25, 0.3) is 0 Å². The van der Waals surface area contributed by atoms with Crippen LogP contribution >= 0.6 is 0 Å². The first-order valence-electron chi connectivity index (χ1n) is 4.65. The monoisotopic (exact) mass is 175 g/mol. The standard InChI is InChI=1S/C9H15F2N/c10-9(11)3-1-8(2-4-9)5-7(12)6-8/h7H,1-6,12H2. The van der Waals surface area contributed by atoms with Crippen LogP contribution in [0.4, 0.5) is 8.78 Å². The molecule has 12 heavy (non-hydrogen) atoms. The van der Waals surface area contributed by atoms with E-state index in [-0.39, 0.29) is 24.3 Å². The second-order valence-electron chi connectivity index (χ2n) is 4.52. The zero-order valence-electron chi connectivity index (χ0n) is 7.15. The van der Waals surface area contributed by atoms with E-state index in [1.54, 1.807) is 0 Å². The lowest BCUT2D eigenvalue weighted by Crippen LogP contribution is -2.49. The fourth-order valence-electron chi connectivity index (χ4n) is 2.61. The van der Waals surface area contributed by atoms with Crippen molar-refractivity contribution in [3.63, 3.8) is 0 Å². The van der Waals surface area contributed by atoms with E-state index in [2.05, 4.69) is 0 Å². The maximum absolute atomic E-state index is 12.8. The van der Waals surface area contributed by atoms with Crippen LogP contribution in [-0.2, 0) is 0 Å². The number of alkyl halides is 2. The Morgan fingerprint density at radius 1 is 1.00 bits per heavy atom. The Hall–Kier alpha value is -0.180. The van der Waals surface area contributed by atoms with Gasteiger partial charge in [-0.15, -0.1) is 0 Å². The molecular weight excluding hydrogens is 160 g/mol. The predicted molar refractivity (Wildman–Crippen MR) is 43.1 cm³/mol. The number of nitrogens with two attached hydrogens (primary N) is 1. The third kappa shape index (κ3) is 1.35. The molecule has 2 aliphatic carbocycles. The van der Waals surface area contributed by atoms with Crippen LogP contribution in [0.15, 0.2) is 0 Å². The molecule has 0 atom stereocenters. The molecule has 2 aliphatic rings. The topological polar surface area (TPSA) is 26.0 Å². The Morgan fingerprint density at radius 2 is 1.50 bits per heavy atom. The summed E-state index contributed by atoms with van der Waals surface area (Å²) < 4.78 is 25.5. The molecule has 0 aromatic carbocycles. The maximum Gasteiger partial charge on any atom is 0.248 e. The van der Waals surface area contributed by atoms with Crippen LogP contribution in [0.25, 0.3) is 0 Å². The highest BCUT2D eigenvalue weighted by Gasteiger charge is 2.49. The van der Waals surface area contributed by atoms with Crippen molar-refractivity contribution in [2.75, 3.05) is 0 Å². The molecule has 2 rings (SSSR count). The molecule has 0 radical (unpaired) electrons. The second kappa shape index (κ2) is 2.41. The van der Waals surface area contributed by atoms with E-state index in [1.165, 1.54) is 0 Å². The average molecular weight is 175 g/mol. The summed E-state index contributed by atoms with van der Waals surface area (Å²) in [6.45, 7) is 0. The second-order valence-corrected chi connectivity index (χ2v) is 4.52. The molecule has 1 spiro atoms. The van der Waals surface area contributed by atoms with Gasteiger partial charge in [-0.1, -0.05) is 0 Å². The normalized spacial score (nSPS) is 33.2. The lowest BCUT2D eigenvalue weighted by molar-refractivity contribution is -0.0906. The Morgan fingerprint density at radius 3 is 1.92 bits per heavy atom. The summed E-state index contributed by atoms with van der Waals surface area (Å²) in [5, 5.41) is 0. The summed E-state index contributed by atoms with van der Waals surface area (Å²) in [6.07, 6.45) is 3.49. The minimum absolute atomic E-state index is 0.0831. The third-order valence-corrected chi connectivity index (χ3v) is 3.43. The molecule has 2 fully saturated rings. The van der Waals surface area contributed by atoms with E-state index in [9.17, 15) is 8.78 Å². The molecule has 70 valence electrons. The SMILES string of the molecule is NC1CC2(CCC(F)(F)CC2)C1. The summed E-state index contributed by atoms with van der Waals surface area (Å²) in [7, 11) is 0. The van der Waals surface area contributed by atoms with Crippen molar-refractivity contribution < 1.29 is 8.78 Å². The number of hydrogen-bond donors (Lipinski definition) is 1. The van der Waals surface area contributed by atoms with Crippen LogP contribution in [-0.4, -0.2) is 12.0 Å². The van der Waals surface area contributed by atoms with Gasteiger partial charge in [0.2, 0.25) is 5.92 Å². The fraction of sp³-hybridized carbons (Fsp3) is 1.00. The molecule has 0 aromatic heterocycles. The van der Waals surface area contributed by atoms with E-state index in [4.69, 9.17) is 5.73 Å². The molecule has 2 N–H and O–H groups in total. The van der Waals surface area contributed by atoms with Crippen molar-refractivity contribution in [1.82, 2.24) is 0 Å². The van der Waals surface area contributed by atoms with Gasteiger partial charge in [-0.3, -0.25) is 0 Å². The van der Waals surface area contributed by atoms with Crippen LogP contribution < -0.4 is 5.73 Å². The van der Waals surface area contributed by atoms with E-state index >= 15 is 0 Å². The average Bonchev–Trinajstić information content (AvgIpc) is 1.92. The molecule has 1 nitrogen and oxygen atoms in total. The molecule has 0 saturated heterocycles. The van der Waals surface area contributed by atoms with Crippen LogP contribution in [0.5, 0.6) is 0 Å². The molecule has 0 unspecified atom stereocenters. The highest BCUT2D eigenvalue weighted by molar-refractivity contribution is 4.99. The van der Waals surface area contributed by atoms with Crippen molar-refractivity contribution in [3.8, 4) is 0 Å². The molecular formula is C9H15F2N. The Bertz CT molecular complexity index is 173. The van der Waals surface area contributed by atoms with Gasteiger partial charge >= 0.3 is 0 Å². The van der Waals surface area contributed by atoms with Gasteiger partial charge in [-0.2, -0.15) is 0 Å². The summed E-state index contributed by atoms with van der Waals surface area (Å²) in [4.78, 5) is 0. The van der Waals surface area contributed by atoms with Gasteiger partial charge in [0.15, 0.2) is 0 Å². The largest absolute Gasteiger partial charge is 0.328 e. The first-order chi connectivity index (χ1) is 5.52. The van der Waals surface area contributed by atoms with Crippen molar-refractivity contribution in [3.05, 3.63) is 0 Å². The van der Waals surface area contributed by atoms with Gasteiger partial charge < -0.3 is 5.73 Å². The van der Waals surface area contributed by atoms with Crippen molar-refractivity contribution in [2.24, 2.45) is 11.1 Å². The first-order valence-corrected chi connectivity index (χ1v) is 4.65. The molecule has 2 saturated carbocycles. The molecule has 3 heteroatoms. The minimum Gasteiger partial charge on any atom is -0.328 e. The van der Waals surface area contributed by atoms with E-state index in [1.807, 2.05) is 0 Å². The maximum atomic E-state index is 12.8.